The molecule has 3 fully saturated rings. The number of rotatable bonds is 7. The molecule has 2 N–H and O–H groups in total. The Morgan fingerprint density at radius 2 is 1.83 bits per heavy atom. The molecule has 12 nitrogen and oxygen atoms in total. The summed E-state index contributed by atoms with van der Waals surface area (Å²) in [4.78, 5) is 46.8. The van der Waals surface area contributed by atoms with Gasteiger partial charge in [-0.2, -0.15) is 0 Å². The van der Waals surface area contributed by atoms with E-state index in [1.54, 1.807) is 34.9 Å². The van der Waals surface area contributed by atoms with Crippen LogP contribution in [-0.4, -0.2) is 148 Å². The largest absolute Gasteiger partial charge is 0.463 e. The molecule has 3 aliphatic rings. The van der Waals surface area contributed by atoms with Crippen molar-refractivity contribution in [1.82, 2.24) is 20.0 Å². The van der Waals surface area contributed by atoms with Gasteiger partial charge in [-0.1, -0.05) is 13.8 Å². The van der Waals surface area contributed by atoms with Gasteiger partial charge in [-0.15, -0.1) is 0 Å². The molecule has 10 atom stereocenters. The molecule has 0 aromatic heterocycles. The van der Waals surface area contributed by atoms with Crippen LogP contribution in [0.5, 0.6) is 0 Å². The molecule has 3 heterocycles. The van der Waals surface area contributed by atoms with Crippen LogP contribution in [0.2, 0.25) is 0 Å². The number of likely N-dealkylation sites (N-methyl/N-ethyl adjacent to an activating group) is 3. The Kier molecular flexibility index (Phi) is 13.6. The molecule has 3 rings (SSSR count). The summed E-state index contributed by atoms with van der Waals surface area (Å²) in [7, 11) is 9.25. The molecule has 0 saturated carbocycles. The van der Waals surface area contributed by atoms with Crippen LogP contribution >= 0.6 is 0 Å². The second-order valence-electron chi connectivity index (χ2n) is 15.1. The van der Waals surface area contributed by atoms with Crippen LogP contribution in [0.3, 0.4) is 0 Å². The summed E-state index contributed by atoms with van der Waals surface area (Å²) in [6.45, 7) is 13.4. The number of cyclic esters (lactones) is 1. The number of hydrogen-bond acceptors (Lipinski definition) is 11. The molecule has 266 valence electrons. The Labute approximate surface area is 276 Å². The Balaban J connectivity index is 1.97. The predicted octanol–water partition coefficient (Wildman–Crippen LogP) is 1.78. The van der Waals surface area contributed by atoms with Crippen molar-refractivity contribution in [2.24, 2.45) is 23.2 Å². The van der Waals surface area contributed by atoms with E-state index in [1.165, 1.54) is 0 Å². The minimum absolute atomic E-state index is 0.0610. The number of hydrogen-bond donors (Lipinski definition) is 2. The SMILES string of the molecule is CNCC(=O)N1CCCC([C@@H]2COC(=O)C(C)(C)C(=O)[C@H](C)[C@@H](O[C@@H]3O[C@H](C)C[C@H](N(C)C)[C@H]3O)[C@](C)(OC)C[C@@H](C)CN2C)C1. The first-order valence-electron chi connectivity index (χ1n) is 17.0. The highest BCUT2D eigenvalue weighted by Gasteiger charge is 2.51. The number of ketones is 1. The minimum Gasteiger partial charge on any atom is -0.463 e. The third kappa shape index (κ3) is 8.86. The third-order valence-corrected chi connectivity index (χ3v) is 10.6. The fourth-order valence-electron chi connectivity index (χ4n) is 7.87. The van der Waals surface area contributed by atoms with E-state index in [-0.39, 0.29) is 54.9 Å². The van der Waals surface area contributed by atoms with Crippen LogP contribution in [0.4, 0.5) is 0 Å². The van der Waals surface area contributed by atoms with E-state index >= 15 is 0 Å². The number of nitrogens with zero attached hydrogens (tertiary/aromatic N) is 3. The molecule has 46 heavy (non-hydrogen) atoms. The van der Waals surface area contributed by atoms with Gasteiger partial charge >= 0.3 is 5.97 Å². The molecule has 0 aromatic rings. The fourth-order valence-corrected chi connectivity index (χ4v) is 7.87. The van der Waals surface area contributed by atoms with Crippen LogP contribution < -0.4 is 5.32 Å². The number of aliphatic hydroxyl groups is 1. The lowest BCUT2D eigenvalue weighted by Crippen LogP contribution is -2.59. The van der Waals surface area contributed by atoms with Gasteiger partial charge in [0.05, 0.1) is 24.4 Å². The number of amides is 1. The molecule has 1 amide bonds. The highest BCUT2D eigenvalue weighted by Crippen LogP contribution is 2.38. The fraction of sp³-hybridized carbons (Fsp3) is 0.912. The zero-order valence-corrected chi connectivity index (χ0v) is 30.2. The number of nitrogens with one attached hydrogen (secondary N) is 1. The Bertz CT molecular complexity index is 1040. The average molecular weight is 655 g/mol. The number of esters is 1. The van der Waals surface area contributed by atoms with E-state index in [4.69, 9.17) is 18.9 Å². The minimum atomic E-state index is -1.47. The van der Waals surface area contributed by atoms with Gasteiger partial charge in [-0.25, -0.2) is 0 Å². The quantitative estimate of drug-likeness (QED) is 0.308. The van der Waals surface area contributed by atoms with Crippen LogP contribution in [-0.2, 0) is 33.3 Å². The summed E-state index contributed by atoms with van der Waals surface area (Å²) in [5, 5.41) is 14.3. The van der Waals surface area contributed by atoms with E-state index < -0.39 is 41.4 Å². The summed E-state index contributed by atoms with van der Waals surface area (Å²) in [5.41, 5.74) is -2.43. The molecule has 0 aromatic carbocycles. The maximum atomic E-state index is 14.3. The lowest BCUT2D eigenvalue weighted by molar-refractivity contribution is -0.295. The molecule has 3 aliphatic heterocycles. The average Bonchev–Trinajstić information content (AvgIpc) is 3.00. The molecule has 0 spiro atoms. The predicted molar refractivity (Wildman–Crippen MR) is 175 cm³/mol. The zero-order chi connectivity index (χ0) is 34.6. The number of likely N-dealkylation sites (tertiary alicyclic amines) is 1. The van der Waals surface area contributed by atoms with Gasteiger partial charge in [-0.05, 0) is 93.4 Å². The summed E-state index contributed by atoms with van der Waals surface area (Å²) >= 11 is 0. The lowest BCUT2D eigenvalue weighted by Gasteiger charge is -2.47. The van der Waals surface area contributed by atoms with Gasteiger partial charge in [0, 0.05) is 44.7 Å². The maximum Gasteiger partial charge on any atom is 0.319 e. The standard InChI is InChI=1S/C34H62N4O8/c1-21-16-34(6,43-11)30(46-31-28(40)25(36(8)9)15-22(2)45-31)23(3)29(41)33(4,5)32(42)44-20-26(37(10)18-21)24-13-12-14-38(19-24)27(39)17-35-7/h21-26,28,30-31,35,40H,12-20H2,1-11H3/t21-,22-,23+,24?,25+,26+,28-,30-,31+,34-/m1/s1. The molecule has 0 bridgehead atoms. The molecule has 12 heteroatoms. The normalized spacial score (nSPS) is 38.9. The van der Waals surface area contributed by atoms with Crippen molar-refractivity contribution in [3.05, 3.63) is 0 Å². The van der Waals surface area contributed by atoms with Gasteiger partial charge in [-0.3, -0.25) is 19.3 Å². The smallest absolute Gasteiger partial charge is 0.319 e. The van der Waals surface area contributed by atoms with Gasteiger partial charge in [0.15, 0.2) is 12.1 Å². The molecule has 1 unspecified atom stereocenters. The summed E-state index contributed by atoms with van der Waals surface area (Å²) in [5.74, 6) is -1.46. The Morgan fingerprint density at radius 1 is 1.15 bits per heavy atom. The summed E-state index contributed by atoms with van der Waals surface area (Å²) in [6, 6.07) is -0.333. The third-order valence-electron chi connectivity index (χ3n) is 10.6. The van der Waals surface area contributed by atoms with E-state index in [0.29, 0.717) is 32.5 Å². The summed E-state index contributed by atoms with van der Waals surface area (Å²) in [6.07, 6.45) is 0.0281. The first kappa shape index (κ1) is 38.8. The Morgan fingerprint density at radius 3 is 2.43 bits per heavy atom. The number of Topliss-reactive ketones (excluding diaryl/α,β-unsaturated/α-hetero) is 1. The second-order valence-corrected chi connectivity index (χ2v) is 15.1. The molecule has 0 aliphatic carbocycles. The molecule has 3 saturated heterocycles. The van der Waals surface area contributed by atoms with Crippen molar-refractivity contribution in [2.75, 3.05) is 68.1 Å². The second kappa shape index (κ2) is 16.2. The van der Waals surface area contributed by atoms with Crippen molar-refractivity contribution in [1.29, 1.82) is 0 Å². The van der Waals surface area contributed by atoms with E-state index in [2.05, 4.69) is 17.1 Å². The van der Waals surface area contributed by atoms with Crippen molar-refractivity contribution >= 4 is 17.7 Å². The van der Waals surface area contributed by atoms with Crippen molar-refractivity contribution < 1.29 is 38.4 Å². The van der Waals surface area contributed by atoms with Crippen LogP contribution in [0, 0.1) is 23.2 Å². The van der Waals surface area contributed by atoms with Gasteiger partial charge in [0.2, 0.25) is 5.91 Å². The van der Waals surface area contributed by atoms with E-state index in [1.807, 2.05) is 44.8 Å². The van der Waals surface area contributed by atoms with E-state index in [9.17, 15) is 19.5 Å². The van der Waals surface area contributed by atoms with Crippen LogP contribution in [0.1, 0.15) is 67.2 Å². The topological polar surface area (TPSA) is 130 Å². The zero-order valence-electron chi connectivity index (χ0n) is 30.2. The van der Waals surface area contributed by atoms with Gasteiger partial charge in [0.1, 0.15) is 18.1 Å². The highest BCUT2D eigenvalue weighted by atomic mass is 16.7. The lowest BCUT2D eigenvalue weighted by atomic mass is 9.74. The first-order valence-corrected chi connectivity index (χ1v) is 17.0. The number of ether oxygens (including phenoxy) is 4. The van der Waals surface area contributed by atoms with Crippen LogP contribution in [0.15, 0.2) is 0 Å². The number of aliphatic hydroxyl groups excluding tert-OH is 1. The Hall–Kier alpha value is -1.67. The number of carbonyl (C=O) groups excluding carboxylic acids is 3. The molecular weight excluding hydrogens is 592 g/mol. The first-order chi connectivity index (χ1) is 21.5. The van der Waals surface area contributed by atoms with Crippen molar-refractivity contribution in [3.63, 3.8) is 0 Å². The van der Waals surface area contributed by atoms with Crippen molar-refractivity contribution in [2.45, 2.75) is 110 Å². The molecule has 0 radical (unpaired) electrons. The van der Waals surface area contributed by atoms with Gasteiger partial charge < -0.3 is 39.2 Å². The maximum absolute atomic E-state index is 14.3. The highest BCUT2D eigenvalue weighted by molar-refractivity contribution is 6.04. The number of piperidine rings is 1. The number of methoxy groups -OCH3 is 1. The monoisotopic (exact) mass is 654 g/mol. The van der Waals surface area contributed by atoms with E-state index in [0.717, 1.165) is 12.8 Å². The molecular formula is C34H62N4O8. The van der Waals surface area contributed by atoms with Crippen molar-refractivity contribution in [3.8, 4) is 0 Å². The van der Waals surface area contributed by atoms with Crippen LogP contribution in [0.25, 0.3) is 0 Å². The van der Waals surface area contributed by atoms with Gasteiger partial charge in [0.25, 0.3) is 0 Å². The number of carbonyl (C=O) groups is 3. The summed E-state index contributed by atoms with van der Waals surface area (Å²) < 4.78 is 25.0.